The van der Waals surface area contributed by atoms with Gasteiger partial charge in [0, 0.05) is 14.2 Å². The first-order valence-corrected chi connectivity index (χ1v) is 4.79. The third kappa shape index (κ3) is 2.89. The topological polar surface area (TPSA) is 94.5 Å². The van der Waals surface area contributed by atoms with Crippen LogP contribution in [0.4, 0.5) is 0 Å². The lowest BCUT2D eigenvalue weighted by Gasteiger charge is -2.16. The molecule has 0 saturated carbocycles. The molecule has 94 valence electrons. The van der Waals surface area contributed by atoms with Gasteiger partial charge in [0.05, 0.1) is 0 Å². The lowest BCUT2D eigenvalue weighted by Crippen LogP contribution is -2.36. The Labute approximate surface area is 92.9 Å². The van der Waals surface area contributed by atoms with Gasteiger partial charge in [-0.05, 0) is 0 Å². The van der Waals surface area contributed by atoms with E-state index in [9.17, 15) is 9.90 Å². The number of rotatable bonds is 5. The third-order valence-electron chi connectivity index (χ3n) is 2.34. The molecule has 0 aliphatic carbocycles. The van der Waals surface area contributed by atoms with Gasteiger partial charge in [0.2, 0.25) is 0 Å². The Balaban J connectivity index is 2.47. The van der Waals surface area contributed by atoms with E-state index in [1.54, 1.807) is 0 Å². The van der Waals surface area contributed by atoms with Crippen molar-refractivity contribution < 1.29 is 34.0 Å². The van der Waals surface area contributed by atoms with Crippen molar-refractivity contribution in [2.45, 2.75) is 24.6 Å². The maximum Gasteiger partial charge on any atom is 0.331 e. The molecule has 1 saturated heterocycles. The summed E-state index contributed by atoms with van der Waals surface area (Å²) < 4.78 is 19.9. The zero-order valence-corrected chi connectivity index (χ0v) is 9.16. The van der Waals surface area contributed by atoms with E-state index < -0.39 is 37.2 Å². The largest absolute Gasteiger partial charge is 0.461 e. The van der Waals surface area contributed by atoms with Crippen LogP contribution in [0.15, 0.2) is 0 Å². The van der Waals surface area contributed by atoms with Crippen molar-refractivity contribution in [3.63, 3.8) is 0 Å². The van der Waals surface area contributed by atoms with Gasteiger partial charge >= 0.3 is 5.97 Å². The lowest BCUT2D eigenvalue weighted by molar-refractivity contribution is -0.169. The van der Waals surface area contributed by atoms with E-state index >= 15 is 0 Å². The number of carbonyl (C=O) groups excluding carboxylic acids is 1. The highest BCUT2D eigenvalue weighted by Gasteiger charge is 2.44. The van der Waals surface area contributed by atoms with Crippen LogP contribution < -0.4 is 0 Å². The van der Waals surface area contributed by atoms with Gasteiger partial charge in [-0.3, -0.25) is 0 Å². The number of methoxy groups -OCH3 is 2. The number of carbonyl (C=O) groups is 1. The summed E-state index contributed by atoms with van der Waals surface area (Å²) in [7, 11) is 2.84. The molecule has 0 aromatic rings. The van der Waals surface area contributed by atoms with Crippen molar-refractivity contribution in [1.82, 2.24) is 0 Å². The molecule has 7 heteroatoms. The van der Waals surface area contributed by atoms with Crippen LogP contribution in [0.2, 0.25) is 0 Å². The molecular formula is C9H16O7. The van der Waals surface area contributed by atoms with Crippen LogP contribution in [0.1, 0.15) is 0 Å². The Morgan fingerprint density at radius 2 is 2.06 bits per heavy atom. The van der Waals surface area contributed by atoms with Gasteiger partial charge in [-0.25, -0.2) is 4.79 Å². The molecule has 0 aromatic carbocycles. The summed E-state index contributed by atoms with van der Waals surface area (Å²) in [6.45, 7) is -0.857. The van der Waals surface area contributed by atoms with Crippen molar-refractivity contribution >= 4 is 5.97 Å². The summed E-state index contributed by atoms with van der Waals surface area (Å²) in [6.07, 6.45) is -2.98. The van der Waals surface area contributed by atoms with E-state index in [-0.39, 0.29) is 6.61 Å². The van der Waals surface area contributed by atoms with Crippen LogP contribution in [0.25, 0.3) is 0 Å². The number of hydrogen-bond acceptors (Lipinski definition) is 7. The zero-order chi connectivity index (χ0) is 12.1. The normalized spacial score (nSPS) is 34.0. The molecular weight excluding hydrogens is 220 g/mol. The molecule has 16 heavy (non-hydrogen) atoms. The lowest BCUT2D eigenvalue weighted by atomic mass is 10.1. The standard InChI is InChI=1S/C9H16O7/c1-13-8-7(12)5(16-9(8)14-2)4-15-6(11)3-10/h5,7-10,12H,3-4H2,1-2H3/t5-,7+,8?,9-/m1/s1. The van der Waals surface area contributed by atoms with Gasteiger partial charge in [0.1, 0.15) is 31.5 Å². The number of aliphatic hydroxyl groups is 2. The minimum Gasteiger partial charge on any atom is -0.461 e. The summed E-state index contributed by atoms with van der Waals surface area (Å²) >= 11 is 0. The van der Waals surface area contributed by atoms with Crippen molar-refractivity contribution in [2.75, 3.05) is 27.4 Å². The molecule has 4 atom stereocenters. The Morgan fingerprint density at radius 3 is 2.50 bits per heavy atom. The van der Waals surface area contributed by atoms with Gasteiger partial charge in [-0.15, -0.1) is 0 Å². The highest BCUT2D eigenvalue weighted by molar-refractivity contribution is 5.70. The molecule has 1 rings (SSSR count). The summed E-state index contributed by atoms with van der Waals surface area (Å²) in [5.41, 5.74) is 0. The highest BCUT2D eigenvalue weighted by Crippen LogP contribution is 2.24. The Hall–Kier alpha value is -0.730. The van der Waals surface area contributed by atoms with Crippen LogP contribution in [0, 0.1) is 0 Å². The maximum atomic E-state index is 10.7. The third-order valence-corrected chi connectivity index (χ3v) is 2.34. The smallest absolute Gasteiger partial charge is 0.331 e. The van der Waals surface area contributed by atoms with Gasteiger partial charge in [-0.2, -0.15) is 0 Å². The molecule has 0 amide bonds. The molecule has 1 unspecified atom stereocenters. The van der Waals surface area contributed by atoms with Gasteiger partial charge in [0.15, 0.2) is 6.29 Å². The second-order valence-corrected chi connectivity index (χ2v) is 3.31. The Kier molecular flexibility index (Phi) is 5.10. The predicted molar refractivity (Wildman–Crippen MR) is 50.5 cm³/mol. The van der Waals surface area contributed by atoms with Crippen LogP contribution in [0.5, 0.6) is 0 Å². The molecule has 2 N–H and O–H groups in total. The van der Waals surface area contributed by atoms with Crippen molar-refractivity contribution in [1.29, 1.82) is 0 Å². The minimum absolute atomic E-state index is 0.152. The molecule has 0 radical (unpaired) electrons. The summed E-state index contributed by atoms with van der Waals surface area (Å²) in [5.74, 6) is -0.773. The first-order valence-electron chi connectivity index (χ1n) is 4.79. The Bertz CT molecular complexity index is 232. The molecule has 1 fully saturated rings. The monoisotopic (exact) mass is 236 g/mol. The molecule has 0 bridgehead atoms. The van der Waals surface area contributed by atoms with E-state index in [4.69, 9.17) is 19.3 Å². The average Bonchev–Trinajstić information content (AvgIpc) is 2.62. The highest BCUT2D eigenvalue weighted by atomic mass is 16.7. The molecule has 0 spiro atoms. The number of esters is 1. The first-order chi connectivity index (χ1) is 7.63. The molecule has 1 heterocycles. The molecule has 1 aliphatic heterocycles. The van der Waals surface area contributed by atoms with E-state index in [2.05, 4.69) is 4.74 Å². The number of hydrogen-bond donors (Lipinski definition) is 2. The summed E-state index contributed by atoms with van der Waals surface area (Å²) in [6, 6.07) is 0. The van der Waals surface area contributed by atoms with Crippen molar-refractivity contribution in [3.05, 3.63) is 0 Å². The fraction of sp³-hybridized carbons (Fsp3) is 0.889. The van der Waals surface area contributed by atoms with Crippen LogP contribution in [-0.4, -0.2) is 68.2 Å². The summed E-state index contributed by atoms with van der Waals surface area (Å²) in [4.78, 5) is 10.7. The fourth-order valence-electron chi connectivity index (χ4n) is 1.50. The zero-order valence-electron chi connectivity index (χ0n) is 9.16. The second kappa shape index (κ2) is 6.12. The fourth-order valence-corrected chi connectivity index (χ4v) is 1.50. The van der Waals surface area contributed by atoms with E-state index in [0.29, 0.717) is 0 Å². The van der Waals surface area contributed by atoms with Gasteiger partial charge in [0.25, 0.3) is 0 Å². The molecule has 7 nitrogen and oxygen atoms in total. The molecule has 0 aromatic heterocycles. The van der Waals surface area contributed by atoms with Crippen LogP contribution in [0.3, 0.4) is 0 Å². The van der Waals surface area contributed by atoms with Crippen LogP contribution >= 0.6 is 0 Å². The SMILES string of the molecule is COC1[C@H](OC)O[C@H](COC(=O)CO)[C@@H]1O. The van der Waals surface area contributed by atoms with E-state index in [1.165, 1.54) is 14.2 Å². The number of aliphatic hydroxyl groups excluding tert-OH is 2. The predicted octanol–water partition coefficient (Wildman–Crippen LogP) is -1.73. The van der Waals surface area contributed by atoms with Crippen molar-refractivity contribution in [2.24, 2.45) is 0 Å². The first kappa shape index (κ1) is 13.3. The quantitative estimate of drug-likeness (QED) is 0.548. The van der Waals surface area contributed by atoms with Crippen molar-refractivity contribution in [3.8, 4) is 0 Å². The summed E-state index contributed by atoms with van der Waals surface area (Å²) in [5, 5.41) is 18.2. The van der Waals surface area contributed by atoms with Crippen LogP contribution in [-0.2, 0) is 23.7 Å². The van der Waals surface area contributed by atoms with Gasteiger partial charge < -0.3 is 29.2 Å². The maximum absolute atomic E-state index is 10.7. The van der Waals surface area contributed by atoms with E-state index in [1.807, 2.05) is 0 Å². The minimum atomic E-state index is -0.943. The van der Waals surface area contributed by atoms with E-state index in [0.717, 1.165) is 0 Å². The molecule has 1 aliphatic rings. The van der Waals surface area contributed by atoms with Gasteiger partial charge in [-0.1, -0.05) is 0 Å². The average molecular weight is 236 g/mol. The number of ether oxygens (including phenoxy) is 4. The second-order valence-electron chi connectivity index (χ2n) is 3.31. The Morgan fingerprint density at radius 1 is 1.38 bits per heavy atom.